The van der Waals surface area contributed by atoms with E-state index in [1.54, 1.807) is 27.7 Å². The Morgan fingerprint density at radius 3 is 2.64 bits per heavy atom. The summed E-state index contributed by atoms with van der Waals surface area (Å²) in [6.45, 7) is 6.79. The molecule has 160 valence electrons. The summed E-state index contributed by atoms with van der Waals surface area (Å²) >= 11 is 0.614. The van der Waals surface area contributed by atoms with Crippen molar-refractivity contribution in [2.45, 2.75) is 60.6 Å². The Hall–Kier alpha value is -1.05. The van der Waals surface area contributed by atoms with Crippen molar-refractivity contribution in [2.24, 2.45) is 0 Å². The van der Waals surface area contributed by atoms with Crippen LogP contribution in [0.15, 0.2) is 14.5 Å². The highest BCUT2D eigenvalue weighted by Gasteiger charge is 2.40. The van der Waals surface area contributed by atoms with Crippen molar-refractivity contribution in [1.29, 1.82) is 0 Å². The molecule has 2 heterocycles. The van der Waals surface area contributed by atoms with Gasteiger partial charge in [-0.05, 0) is 40.2 Å². The summed E-state index contributed by atoms with van der Waals surface area (Å²) in [6, 6.07) is 1.21. The van der Waals surface area contributed by atoms with Gasteiger partial charge in [-0.1, -0.05) is 0 Å². The van der Waals surface area contributed by atoms with Crippen LogP contribution in [0.4, 0.5) is 0 Å². The summed E-state index contributed by atoms with van der Waals surface area (Å²) in [4.78, 5) is 11.4. The molecule has 1 atom stereocenters. The first-order valence-corrected chi connectivity index (χ1v) is 12.5. The van der Waals surface area contributed by atoms with Crippen molar-refractivity contribution < 1.29 is 31.5 Å². The number of nitrogens with one attached hydrogen (secondary N) is 1. The molecule has 0 spiro atoms. The molecule has 0 saturated carbocycles. The summed E-state index contributed by atoms with van der Waals surface area (Å²) in [5.41, 5.74) is -0.652. The lowest BCUT2D eigenvalue weighted by molar-refractivity contribution is -0.143. The van der Waals surface area contributed by atoms with Crippen LogP contribution in [-0.4, -0.2) is 57.5 Å². The van der Waals surface area contributed by atoms with Crippen molar-refractivity contribution in [3.8, 4) is 0 Å². The fourth-order valence-corrected chi connectivity index (χ4v) is 8.02. The normalized spacial score (nSPS) is 20.0. The second-order valence-electron chi connectivity index (χ2n) is 7.45. The minimum atomic E-state index is -3.96. The maximum absolute atomic E-state index is 12.9. The van der Waals surface area contributed by atoms with E-state index in [1.807, 2.05) is 0 Å². The summed E-state index contributed by atoms with van der Waals surface area (Å²) in [5, 5.41) is 10.4. The van der Waals surface area contributed by atoms with Crippen molar-refractivity contribution >= 4 is 37.4 Å². The molecule has 1 aromatic rings. The zero-order chi connectivity index (χ0) is 21.3. The lowest BCUT2D eigenvalue weighted by Gasteiger charge is -2.29. The van der Waals surface area contributed by atoms with E-state index in [-0.39, 0.29) is 46.5 Å². The van der Waals surface area contributed by atoms with Gasteiger partial charge in [0.25, 0.3) is 20.0 Å². The number of carbonyl (C=O) groups is 1. The van der Waals surface area contributed by atoms with Crippen LogP contribution < -0.4 is 4.72 Å². The van der Waals surface area contributed by atoms with Gasteiger partial charge in [-0.25, -0.2) is 21.6 Å². The van der Waals surface area contributed by atoms with Crippen molar-refractivity contribution in [3.05, 3.63) is 11.6 Å². The summed E-state index contributed by atoms with van der Waals surface area (Å²) in [5.74, 6) is -0.420. The topological polar surface area (TPSA) is 130 Å². The van der Waals surface area contributed by atoms with Crippen LogP contribution in [0.3, 0.4) is 0 Å². The maximum atomic E-state index is 12.9. The number of rotatable bonds is 7. The Kier molecular flexibility index (Phi) is 6.94. The third-order valence-electron chi connectivity index (χ3n) is 3.81. The number of hydrogen-bond donors (Lipinski definition) is 2. The number of nitrogens with zero attached hydrogens (tertiary/aromatic N) is 1. The number of aliphatic hydroxyl groups is 1. The number of thiophene rings is 1. The number of carbonyl (C=O) groups excluding carboxylic acids is 1. The standard InChI is InChI=1S/C16H26N2O7S3/c1-5-25-13(20)7-6-8-18-10-12(19)11-9-14(26-15(11)28(18,23)24)27(21,22)17-16(2,3)4/h9,12,17,19H,5-8,10H2,1-4H3/t12-/m1/s1. The molecular formula is C16H26N2O7S3. The van der Waals surface area contributed by atoms with Gasteiger partial charge in [0.15, 0.2) is 0 Å². The fourth-order valence-electron chi connectivity index (χ4n) is 2.74. The predicted molar refractivity (Wildman–Crippen MR) is 104 cm³/mol. The monoisotopic (exact) mass is 454 g/mol. The second-order valence-corrected chi connectivity index (χ2v) is 12.5. The molecule has 0 amide bonds. The van der Waals surface area contributed by atoms with Gasteiger partial charge < -0.3 is 9.84 Å². The minimum absolute atomic E-state index is 0.0257. The SMILES string of the molecule is CCOC(=O)CCCN1C[C@@H](O)c2cc(S(=O)(=O)NC(C)(C)C)sc2S1(=O)=O. The first-order valence-electron chi connectivity index (χ1n) is 8.79. The van der Waals surface area contributed by atoms with Crippen LogP contribution >= 0.6 is 11.3 Å². The third-order valence-corrected chi connectivity index (χ3v) is 9.59. The average molecular weight is 455 g/mol. The summed E-state index contributed by atoms with van der Waals surface area (Å²) in [6.07, 6.45) is -0.846. The molecule has 0 aliphatic carbocycles. The molecule has 0 saturated heterocycles. The number of hydrogen-bond acceptors (Lipinski definition) is 8. The van der Waals surface area contributed by atoms with Gasteiger partial charge >= 0.3 is 5.97 Å². The smallest absolute Gasteiger partial charge is 0.305 e. The number of sulfonamides is 2. The highest BCUT2D eigenvalue weighted by atomic mass is 32.3. The first kappa shape index (κ1) is 23.2. The first-order chi connectivity index (χ1) is 12.8. The van der Waals surface area contributed by atoms with Crippen LogP contribution in [0.2, 0.25) is 0 Å². The van der Waals surface area contributed by atoms with E-state index >= 15 is 0 Å². The lowest BCUT2D eigenvalue weighted by atomic mass is 10.1. The van der Waals surface area contributed by atoms with E-state index in [0.29, 0.717) is 11.3 Å². The number of aliphatic hydroxyl groups excluding tert-OH is 1. The van der Waals surface area contributed by atoms with Crippen LogP contribution in [-0.2, 0) is 29.6 Å². The predicted octanol–water partition coefficient (Wildman–Crippen LogP) is 1.21. The zero-order valence-electron chi connectivity index (χ0n) is 16.3. The van der Waals surface area contributed by atoms with Crippen LogP contribution in [0.5, 0.6) is 0 Å². The van der Waals surface area contributed by atoms with Crippen LogP contribution in [0, 0.1) is 0 Å². The average Bonchev–Trinajstić information content (AvgIpc) is 2.98. The minimum Gasteiger partial charge on any atom is -0.466 e. The van der Waals surface area contributed by atoms with Gasteiger partial charge in [0, 0.05) is 30.6 Å². The molecule has 0 radical (unpaired) electrons. The van der Waals surface area contributed by atoms with E-state index in [1.165, 1.54) is 6.07 Å². The number of ether oxygens (including phenoxy) is 1. The molecule has 28 heavy (non-hydrogen) atoms. The molecular weight excluding hydrogens is 428 g/mol. The maximum Gasteiger partial charge on any atom is 0.305 e. The van der Waals surface area contributed by atoms with Crippen molar-refractivity contribution in [2.75, 3.05) is 19.7 Å². The zero-order valence-corrected chi connectivity index (χ0v) is 18.7. The molecule has 1 aromatic heterocycles. The second kappa shape index (κ2) is 8.36. The van der Waals surface area contributed by atoms with Crippen molar-refractivity contribution in [3.63, 3.8) is 0 Å². The number of esters is 1. The molecule has 9 nitrogen and oxygen atoms in total. The van der Waals surface area contributed by atoms with Crippen molar-refractivity contribution in [1.82, 2.24) is 9.03 Å². The molecule has 12 heteroatoms. The Bertz CT molecular complexity index is 930. The number of β-amino-alcohol motifs (C(OH)–C–C–N with tert-alkyl or cyclic N) is 1. The van der Waals surface area contributed by atoms with Crippen LogP contribution in [0.1, 0.15) is 52.2 Å². The molecule has 0 aromatic carbocycles. The van der Waals surface area contributed by atoms with E-state index in [4.69, 9.17) is 4.74 Å². The van der Waals surface area contributed by atoms with Gasteiger partial charge in [-0.15, -0.1) is 11.3 Å². The molecule has 2 N–H and O–H groups in total. The van der Waals surface area contributed by atoms with Gasteiger partial charge in [0.2, 0.25) is 0 Å². The quantitative estimate of drug-likeness (QED) is 0.592. The lowest BCUT2D eigenvalue weighted by Crippen LogP contribution is -2.40. The molecule has 0 unspecified atom stereocenters. The fraction of sp³-hybridized carbons (Fsp3) is 0.688. The number of fused-ring (bicyclic) bond motifs is 1. The Morgan fingerprint density at radius 1 is 1.43 bits per heavy atom. The summed E-state index contributed by atoms with van der Waals surface area (Å²) in [7, 11) is -7.89. The van der Waals surface area contributed by atoms with E-state index in [9.17, 15) is 26.7 Å². The Balaban J connectivity index is 2.26. The van der Waals surface area contributed by atoms with E-state index in [2.05, 4.69) is 4.72 Å². The van der Waals surface area contributed by atoms with Crippen LogP contribution in [0.25, 0.3) is 0 Å². The van der Waals surface area contributed by atoms with Gasteiger partial charge in [0.1, 0.15) is 8.42 Å². The largest absolute Gasteiger partial charge is 0.466 e. The molecule has 0 bridgehead atoms. The third kappa shape index (κ3) is 5.30. The van der Waals surface area contributed by atoms with Gasteiger partial charge in [-0.3, -0.25) is 4.79 Å². The highest BCUT2D eigenvalue weighted by molar-refractivity contribution is 7.94. The Labute approximate surface area is 169 Å². The van der Waals surface area contributed by atoms with Gasteiger partial charge in [0.05, 0.1) is 12.7 Å². The van der Waals surface area contributed by atoms with Gasteiger partial charge in [-0.2, -0.15) is 4.31 Å². The molecule has 1 aliphatic heterocycles. The Morgan fingerprint density at radius 2 is 2.07 bits per heavy atom. The molecule has 2 rings (SSSR count). The molecule has 1 aliphatic rings. The molecule has 0 fully saturated rings. The summed E-state index contributed by atoms with van der Waals surface area (Å²) < 4.78 is 58.8. The highest BCUT2D eigenvalue weighted by Crippen LogP contribution is 2.40. The van der Waals surface area contributed by atoms with E-state index < -0.39 is 37.7 Å². The van der Waals surface area contributed by atoms with E-state index in [0.717, 1.165) is 4.31 Å².